The zero-order valence-corrected chi connectivity index (χ0v) is 8.77. The molecule has 4 N–H and O–H groups in total. The van der Waals surface area contributed by atoms with Gasteiger partial charge in [0, 0.05) is 30.2 Å². The van der Waals surface area contributed by atoms with E-state index >= 15 is 0 Å². The van der Waals surface area contributed by atoms with Crippen molar-refractivity contribution in [1.29, 1.82) is 0 Å². The molecule has 0 aliphatic rings. The number of nitrogens with two attached hydrogens (primary N) is 2. The van der Waals surface area contributed by atoms with Gasteiger partial charge in [0.25, 0.3) is 0 Å². The van der Waals surface area contributed by atoms with Gasteiger partial charge in [-0.1, -0.05) is 24.3 Å². The Morgan fingerprint density at radius 1 is 0.533 bits per heavy atom. The van der Waals surface area contributed by atoms with Crippen LogP contribution in [0.1, 0.15) is 0 Å². The molecule has 0 unspecified atom stereocenters. The molecular weight excluding hydrogens is 179 g/mol. The van der Waals surface area contributed by atoms with Gasteiger partial charge in [-0.25, -0.2) is 0 Å². The summed E-state index contributed by atoms with van der Waals surface area (Å²) in [6, 6.07) is 15.6. The normalized spacial score (nSPS) is 9.33. The smallest absolute Gasteiger partial charge is 0.0314 e. The minimum atomic E-state index is 0. The summed E-state index contributed by atoms with van der Waals surface area (Å²) < 4.78 is 0. The topological polar surface area (TPSA) is 52.0 Å². The van der Waals surface area contributed by atoms with Crippen LogP contribution in [0.4, 0.5) is 11.4 Å². The fraction of sp³-hybridized carbons (Fsp3) is 0. The van der Waals surface area contributed by atoms with Crippen molar-refractivity contribution < 1.29 is 0 Å². The third-order valence-corrected chi connectivity index (χ3v) is 2.15. The third-order valence-electron chi connectivity index (χ3n) is 2.15. The maximum absolute atomic E-state index is 5.61. The summed E-state index contributed by atoms with van der Waals surface area (Å²) in [5, 5.41) is 0. The van der Waals surface area contributed by atoms with E-state index in [1.165, 1.54) is 0 Å². The van der Waals surface area contributed by atoms with E-state index in [1.54, 1.807) is 0 Å². The maximum atomic E-state index is 5.61. The molecular formula is C12H12LiN2. The quantitative estimate of drug-likeness (QED) is 0.536. The number of hydrogen-bond donors (Lipinski definition) is 2. The molecule has 2 aromatic rings. The van der Waals surface area contributed by atoms with Crippen LogP contribution in [-0.4, -0.2) is 18.9 Å². The molecule has 0 aliphatic heterocycles. The van der Waals surface area contributed by atoms with Gasteiger partial charge in [-0.3, -0.25) is 0 Å². The first kappa shape index (κ1) is 11.7. The van der Waals surface area contributed by atoms with Crippen molar-refractivity contribution in [2.75, 3.05) is 11.5 Å². The maximum Gasteiger partial charge on any atom is 0.0314 e. The number of benzene rings is 2. The Morgan fingerprint density at radius 2 is 0.800 bits per heavy atom. The van der Waals surface area contributed by atoms with E-state index in [0.29, 0.717) is 0 Å². The molecule has 2 aromatic carbocycles. The van der Waals surface area contributed by atoms with Crippen LogP contribution in [0, 0.1) is 0 Å². The summed E-state index contributed by atoms with van der Waals surface area (Å²) in [6.07, 6.45) is 0. The van der Waals surface area contributed by atoms with Crippen LogP contribution in [0.3, 0.4) is 0 Å². The van der Waals surface area contributed by atoms with Crippen molar-refractivity contribution in [3.63, 3.8) is 0 Å². The fourth-order valence-electron chi connectivity index (χ4n) is 1.35. The van der Waals surface area contributed by atoms with Crippen LogP contribution >= 0.6 is 0 Å². The van der Waals surface area contributed by atoms with E-state index in [0.717, 1.165) is 22.5 Å². The molecule has 0 aliphatic carbocycles. The number of hydrogen-bond acceptors (Lipinski definition) is 2. The van der Waals surface area contributed by atoms with Crippen LogP contribution in [0.2, 0.25) is 0 Å². The molecule has 15 heavy (non-hydrogen) atoms. The summed E-state index contributed by atoms with van der Waals surface area (Å²) in [6.45, 7) is 0. The summed E-state index contributed by atoms with van der Waals surface area (Å²) in [4.78, 5) is 0. The van der Waals surface area contributed by atoms with E-state index in [-0.39, 0.29) is 18.9 Å². The summed E-state index contributed by atoms with van der Waals surface area (Å²) >= 11 is 0. The minimum Gasteiger partial charge on any atom is -0.399 e. The van der Waals surface area contributed by atoms with Crippen LogP contribution in [0.15, 0.2) is 48.5 Å². The van der Waals surface area contributed by atoms with E-state index in [1.807, 2.05) is 48.5 Å². The average molecular weight is 191 g/mol. The predicted molar refractivity (Wildman–Crippen MR) is 66.5 cm³/mol. The molecule has 0 aromatic heterocycles. The molecule has 0 bridgehead atoms. The van der Waals surface area contributed by atoms with Gasteiger partial charge < -0.3 is 11.5 Å². The predicted octanol–water partition coefficient (Wildman–Crippen LogP) is 2.14. The molecule has 0 saturated heterocycles. The third kappa shape index (κ3) is 2.79. The molecule has 0 saturated carbocycles. The van der Waals surface area contributed by atoms with Gasteiger partial charge in [-0.2, -0.15) is 0 Å². The van der Waals surface area contributed by atoms with Crippen molar-refractivity contribution >= 4 is 30.2 Å². The standard InChI is InChI=1S/C12H12N2.Li/c13-11-5-1-9(2-6-11)10-3-7-12(14)8-4-10;/h1-8H,13-14H2;. The average Bonchev–Trinajstić information content (AvgIpc) is 2.21. The number of nitrogen functional groups attached to an aromatic ring is 2. The molecule has 3 heteroatoms. The van der Waals surface area contributed by atoms with E-state index in [4.69, 9.17) is 11.5 Å². The molecule has 71 valence electrons. The molecule has 1 radical (unpaired) electrons. The summed E-state index contributed by atoms with van der Waals surface area (Å²) in [5.74, 6) is 0. The second kappa shape index (κ2) is 4.93. The van der Waals surface area contributed by atoms with E-state index in [9.17, 15) is 0 Å². The molecule has 0 heterocycles. The second-order valence-electron chi connectivity index (χ2n) is 3.24. The Bertz CT molecular complexity index is 377. The molecule has 0 spiro atoms. The van der Waals surface area contributed by atoms with Gasteiger partial charge in [0.2, 0.25) is 0 Å². The van der Waals surface area contributed by atoms with E-state index in [2.05, 4.69) is 0 Å². The number of anilines is 2. The van der Waals surface area contributed by atoms with Crippen LogP contribution in [0.5, 0.6) is 0 Å². The summed E-state index contributed by atoms with van der Waals surface area (Å²) in [5.41, 5.74) is 15.1. The molecule has 0 amide bonds. The Labute approximate surface area is 101 Å². The zero-order chi connectivity index (χ0) is 9.97. The minimum absolute atomic E-state index is 0. The van der Waals surface area contributed by atoms with Gasteiger partial charge in [0.15, 0.2) is 0 Å². The molecule has 0 fully saturated rings. The van der Waals surface area contributed by atoms with Crippen LogP contribution in [-0.2, 0) is 0 Å². The van der Waals surface area contributed by atoms with Crippen molar-refractivity contribution in [2.45, 2.75) is 0 Å². The second-order valence-corrected chi connectivity index (χ2v) is 3.24. The van der Waals surface area contributed by atoms with Crippen molar-refractivity contribution in [2.24, 2.45) is 0 Å². The Morgan fingerprint density at radius 3 is 1.07 bits per heavy atom. The van der Waals surface area contributed by atoms with Crippen molar-refractivity contribution in [3.8, 4) is 11.1 Å². The van der Waals surface area contributed by atoms with Gasteiger partial charge in [0.1, 0.15) is 0 Å². The van der Waals surface area contributed by atoms with Crippen molar-refractivity contribution in [3.05, 3.63) is 48.5 Å². The Balaban J connectivity index is 0.00000112. The van der Waals surface area contributed by atoms with Crippen LogP contribution in [0.25, 0.3) is 11.1 Å². The van der Waals surface area contributed by atoms with Gasteiger partial charge in [-0.15, -0.1) is 0 Å². The monoisotopic (exact) mass is 191 g/mol. The Kier molecular flexibility index (Phi) is 3.85. The molecule has 0 atom stereocenters. The van der Waals surface area contributed by atoms with Crippen molar-refractivity contribution in [1.82, 2.24) is 0 Å². The first-order chi connectivity index (χ1) is 6.75. The fourth-order valence-corrected chi connectivity index (χ4v) is 1.35. The Hall–Kier alpha value is -1.36. The molecule has 2 nitrogen and oxygen atoms in total. The van der Waals surface area contributed by atoms with E-state index < -0.39 is 0 Å². The SMILES string of the molecule is Nc1ccc(-c2ccc(N)cc2)cc1.[Li]. The number of rotatable bonds is 1. The van der Waals surface area contributed by atoms with Gasteiger partial charge in [0.05, 0.1) is 0 Å². The zero-order valence-electron chi connectivity index (χ0n) is 8.77. The first-order valence-corrected chi connectivity index (χ1v) is 4.47. The largest absolute Gasteiger partial charge is 0.399 e. The van der Waals surface area contributed by atoms with Gasteiger partial charge in [-0.05, 0) is 35.4 Å². The summed E-state index contributed by atoms with van der Waals surface area (Å²) in [7, 11) is 0. The van der Waals surface area contributed by atoms with Crippen LogP contribution < -0.4 is 11.5 Å². The molecule has 2 rings (SSSR count). The van der Waals surface area contributed by atoms with Gasteiger partial charge >= 0.3 is 0 Å². The first-order valence-electron chi connectivity index (χ1n) is 4.47.